The zero-order valence-corrected chi connectivity index (χ0v) is 14.3. The van der Waals surface area contributed by atoms with Crippen LogP contribution in [-0.2, 0) is 0 Å². The Bertz CT molecular complexity index is 865. The summed E-state index contributed by atoms with van der Waals surface area (Å²) in [5.41, 5.74) is 3.79. The zero-order valence-electron chi connectivity index (χ0n) is 13.4. The number of nitrogens with zero attached hydrogens (tertiary/aromatic N) is 1. The topological polar surface area (TPSA) is 3.88 Å². The molecule has 0 saturated carbocycles. The molecule has 0 N–H and O–H groups in total. The average molecular weight is 328 g/mol. The fourth-order valence-electron chi connectivity index (χ4n) is 2.91. The van der Waals surface area contributed by atoms with E-state index in [9.17, 15) is 0 Å². The molecule has 2 aromatic carbocycles. The maximum absolute atomic E-state index is 2.39. The van der Waals surface area contributed by atoms with Gasteiger partial charge in [-0.25, -0.2) is 0 Å². The molecule has 0 saturated heterocycles. The van der Waals surface area contributed by atoms with Gasteiger partial charge in [0, 0.05) is 24.3 Å². The molecule has 2 heteroatoms. The van der Waals surface area contributed by atoms with Gasteiger partial charge in [-0.2, -0.15) is 4.57 Å². The molecule has 116 valence electrons. The Kier molecular flexibility index (Phi) is 4.36. The minimum atomic E-state index is -0.188. The molecule has 0 bridgehead atoms. The first-order valence-corrected chi connectivity index (χ1v) is 9.77. The molecule has 0 aliphatic carbocycles. The fraction of sp³-hybridized carbons (Fsp3) is 0.0455. The van der Waals surface area contributed by atoms with Crippen LogP contribution in [0, 0.1) is 0 Å². The van der Waals surface area contributed by atoms with E-state index in [1.165, 1.54) is 22.1 Å². The maximum atomic E-state index is 2.39. The number of para-hydroxylation sites is 1. The van der Waals surface area contributed by atoms with Crippen molar-refractivity contribution < 1.29 is 4.57 Å². The van der Waals surface area contributed by atoms with Crippen LogP contribution in [0.1, 0.15) is 5.56 Å². The summed E-state index contributed by atoms with van der Waals surface area (Å²) < 4.78 is 2.15. The van der Waals surface area contributed by atoms with Crippen LogP contribution in [0.4, 0.5) is 0 Å². The molecule has 24 heavy (non-hydrogen) atoms. The van der Waals surface area contributed by atoms with Crippen LogP contribution in [0.5, 0.6) is 0 Å². The van der Waals surface area contributed by atoms with Crippen LogP contribution in [0.3, 0.4) is 0 Å². The number of benzene rings is 2. The highest BCUT2D eigenvalue weighted by Gasteiger charge is 2.12. The number of hydrogen-bond donors (Lipinski definition) is 0. The molecule has 4 rings (SSSR count). The third-order valence-electron chi connectivity index (χ3n) is 4.25. The van der Waals surface area contributed by atoms with Crippen molar-refractivity contribution in [3.8, 4) is 5.69 Å². The molecule has 0 spiro atoms. The molecule has 0 radical (unpaired) electrons. The second kappa shape index (κ2) is 6.95. The molecule has 2 heterocycles. The predicted molar refractivity (Wildman–Crippen MR) is 103 cm³/mol. The van der Waals surface area contributed by atoms with Crippen molar-refractivity contribution in [2.45, 2.75) is 0 Å². The number of rotatable bonds is 3. The summed E-state index contributed by atoms with van der Waals surface area (Å²) in [4.78, 5) is 0. The lowest BCUT2D eigenvalue weighted by Gasteiger charge is -2.17. The molecule has 1 aliphatic rings. The van der Waals surface area contributed by atoms with Crippen molar-refractivity contribution in [1.29, 1.82) is 0 Å². The molecule has 1 unspecified atom stereocenters. The largest absolute Gasteiger partial charge is 0.210 e. The lowest BCUT2D eigenvalue weighted by atomic mass is 10.1. The standard InChI is InChI=1S/C22H19NP/c1-3-7-21(8-4-1)23-15-11-19(12-16-23)20-13-17-24(18-14-20)22-9-5-2-6-10-22/h1-17H,18H2/q+1. The summed E-state index contributed by atoms with van der Waals surface area (Å²) in [6.07, 6.45) is 10.0. The maximum Gasteiger partial charge on any atom is 0.210 e. The van der Waals surface area contributed by atoms with Gasteiger partial charge in [-0.05, 0) is 30.5 Å². The van der Waals surface area contributed by atoms with E-state index >= 15 is 0 Å². The number of pyridine rings is 1. The van der Waals surface area contributed by atoms with Gasteiger partial charge in [0.15, 0.2) is 12.4 Å². The van der Waals surface area contributed by atoms with E-state index in [-0.39, 0.29) is 7.92 Å². The predicted octanol–water partition coefficient (Wildman–Crippen LogP) is 4.68. The summed E-state index contributed by atoms with van der Waals surface area (Å²) in [6.45, 7) is 0. The van der Waals surface area contributed by atoms with Gasteiger partial charge in [0.25, 0.3) is 0 Å². The van der Waals surface area contributed by atoms with Crippen molar-refractivity contribution in [3.05, 3.63) is 109 Å². The van der Waals surface area contributed by atoms with Gasteiger partial charge >= 0.3 is 0 Å². The minimum Gasteiger partial charge on any atom is -0.167 e. The van der Waals surface area contributed by atoms with Gasteiger partial charge in [-0.15, -0.1) is 0 Å². The Labute approximate surface area is 144 Å². The van der Waals surface area contributed by atoms with E-state index in [2.05, 4.69) is 102 Å². The average Bonchev–Trinajstić information content (AvgIpc) is 2.70. The second-order valence-corrected chi connectivity index (χ2v) is 7.91. The first-order valence-electron chi connectivity index (χ1n) is 8.17. The van der Waals surface area contributed by atoms with Gasteiger partial charge in [0.05, 0.1) is 0 Å². The van der Waals surface area contributed by atoms with Crippen molar-refractivity contribution in [1.82, 2.24) is 0 Å². The van der Waals surface area contributed by atoms with E-state index in [0.717, 1.165) is 6.16 Å². The van der Waals surface area contributed by atoms with Crippen LogP contribution in [-0.4, -0.2) is 6.16 Å². The van der Waals surface area contributed by atoms with Crippen LogP contribution < -0.4 is 9.87 Å². The van der Waals surface area contributed by atoms with Crippen molar-refractivity contribution in [3.63, 3.8) is 0 Å². The Balaban J connectivity index is 1.51. The van der Waals surface area contributed by atoms with E-state index in [1.807, 2.05) is 6.07 Å². The first-order chi connectivity index (χ1) is 11.9. The van der Waals surface area contributed by atoms with E-state index in [0.29, 0.717) is 0 Å². The zero-order chi connectivity index (χ0) is 16.2. The second-order valence-electron chi connectivity index (χ2n) is 5.79. The highest BCUT2D eigenvalue weighted by molar-refractivity contribution is 7.68. The van der Waals surface area contributed by atoms with Gasteiger partial charge in [-0.3, -0.25) is 0 Å². The minimum absolute atomic E-state index is 0.188. The molecular formula is C22H19NP+. The quantitative estimate of drug-likeness (QED) is 0.485. The summed E-state index contributed by atoms with van der Waals surface area (Å²) in [6, 6.07) is 25.6. The van der Waals surface area contributed by atoms with Crippen LogP contribution in [0.2, 0.25) is 0 Å². The number of aromatic nitrogens is 1. The van der Waals surface area contributed by atoms with E-state index < -0.39 is 0 Å². The van der Waals surface area contributed by atoms with Gasteiger partial charge in [0.2, 0.25) is 5.69 Å². The monoisotopic (exact) mass is 328 g/mol. The van der Waals surface area contributed by atoms with Crippen LogP contribution >= 0.6 is 7.92 Å². The summed E-state index contributed by atoms with van der Waals surface area (Å²) in [5.74, 6) is 2.39. The Morgan fingerprint density at radius 1 is 0.750 bits per heavy atom. The van der Waals surface area contributed by atoms with Gasteiger partial charge in [0.1, 0.15) is 0 Å². The molecule has 1 aliphatic heterocycles. The highest BCUT2D eigenvalue weighted by Crippen LogP contribution is 2.41. The third-order valence-corrected chi connectivity index (χ3v) is 6.29. The number of hydrogen-bond acceptors (Lipinski definition) is 0. The smallest absolute Gasteiger partial charge is 0.167 e. The Morgan fingerprint density at radius 3 is 2.04 bits per heavy atom. The van der Waals surface area contributed by atoms with E-state index in [4.69, 9.17) is 0 Å². The fourth-order valence-corrected chi connectivity index (χ4v) is 4.71. The van der Waals surface area contributed by atoms with Crippen LogP contribution in [0.25, 0.3) is 11.3 Å². The van der Waals surface area contributed by atoms with Crippen molar-refractivity contribution in [2.24, 2.45) is 0 Å². The molecular weight excluding hydrogens is 309 g/mol. The molecule has 0 fully saturated rings. The normalized spacial score (nSPS) is 16.7. The number of allylic oxidation sites excluding steroid dienone is 3. The first kappa shape index (κ1) is 15.1. The molecule has 1 nitrogen and oxygen atoms in total. The van der Waals surface area contributed by atoms with Crippen molar-refractivity contribution in [2.75, 3.05) is 6.16 Å². The molecule has 1 atom stereocenters. The van der Waals surface area contributed by atoms with Gasteiger partial charge in [-0.1, -0.05) is 66.5 Å². The van der Waals surface area contributed by atoms with Crippen molar-refractivity contribution >= 4 is 18.8 Å². The summed E-state index contributed by atoms with van der Waals surface area (Å²) >= 11 is 0. The summed E-state index contributed by atoms with van der Waals surface area (Å²) in [7, 11) is -0.188. The SMILES string of the molecule is C1=CP(c2ccccc2)CC=C1c1cc[n+](-c2ccccc2)cc1. The Morgan fingerprint density at radius 2 is 1.42 bits per heavy atom. The molecule has 1 aromatic heterocycles. The van der Waals surface area contributed by atoms with Gasteiger partial charge < -0.3 is 0 Å². The molecule has 0 amide bonds. The Hall–Kier alpha value is -2.50. The highest BCUT2D eigenvalue weighted by atomic mass is 31.1. The third kappa shape index (κ3) is 3.22. The lowest BCUT2D eigenvalue weighted by molar-refractivity contribution is -0.595. The molecule has 3 aromatic rings. The van der Waals surface area contributed by atoms with Crippen LogP contribution in [0.15, 0.2) is 103 Å². The summed E-state index contributed by atoms with van der Waals surface area (Å²) in [5, 5.41) is 1.45. The lowest BCUT2D eigenvalue weighted by Crippen LogP contribution is -2.29. The van der Waals surface area contributed by atoms with E-state index in [1.54, 1.807) is 0 Å².